The number of likely N-dealkylation sites (N-methyl/N-ethyl adjacent to an activating group) is 2. The summed E-state index contributed by atoms with van der Waals surface area (Å²) in [5.74, 6) is 0.400. The van der Waals surface area contributed by atoms with E-state index in [0.717, 1.165) is 80.2 Å². The summed E-state index contributed by atoms with van der Waals surface area (Å²) in [6, 6.07) is 3.96. The summed E-state index contributed by atoms with van der Waals surface area (Å²) in [6.07, 6.45) is 5.18. The summed E-state index contributed by atoms with van der Waals surface area (Å²) in [4.78, 5) is 34.7. The lowest BCUT2D eigenvalue weighted by molar-refractivity contribution is 0.0760. The van der Waals surface area contributed by atoms with Gasteiger partial charge in [-0.3, -0.25) is 9.69 Å². The van der Waals surface area contributed by atoms with E-state index in [1.807, 2.05) is 26.2 Å². The lowest BCUT2D eigenvalue weighted by atomic mass is 9.92. The third-order valence-electron chi connectivity index (χ3n) is 7.92. The monoisotopic (exact) mass is 521 g/mol. The van der Waals surface area contributed by atoms with E-state index in [9.17, 15) is 9.18 Å². The highest BCUT2D eigenvalue weighted by molar-refractivity contribution is 7.16. The molecule has 5 heterocycles. The van der Waals surface area contributed by atoms with Crippen molar-refractivity contribution in [2.75, 3.05) is 51.6 Å². The molecule has 0 atom stereocenters. The van der Waals surface area contributed by atoms with Crippen LogP contribution in [0, 0.1) is 12.7 Å². The van der Waals surface area contributed by atoms with Crippen LogP contribution in [0.3, 0.4) is 0 Å². The maximum Gasteiger partial charge on any atom is 0.255 e. The number of pyridine rings is 1. The van der Waals surface area contributed by atoms with Gasteiger partial charge in [-0.2, -0.15) is 0 Å². The molecule has 10 heteroatoms. The number of fused-ring (bicyclic) bond motifs is 2. The molecule has 1 saturated heterocycles. The molecule has 37 heavy (non-hydrogen) atoms. The van der Waals surface area contributed by atoms with E-state index in [0.29, 0.717) is 10.7 Å². The number of halogens is 1. The number of piperazine rings is 1. The largest absolute Gasteiger partial charge is 0.341 e. The molecule has 8 nitrogen and oxygen atoms in total. The van der Waals surface area contributed by atoms with Gasteiger partial charge in [0.2, 0.25) is 5.95 Å². The van der Waals surface area contributed by atoms with Crippen LogP contribution in [0.2, 0.25) is 0 Å². The van der Waals surface area contributed by atoms with Crippen LogP contribution < -0.4 is 5.32 Å². The summed E-state index contributed by atoms with van der Waals surface area (Å²) in [5.41, 5.74) is 2.94. The van der Waals surface area contributed by atoms with Gasteiger partial charge in [0.25, 0.3) is 5.91 Å². The number of aromatic nitrogens is 3. The highest BCUT2D eigenvalue weighted by Gasteiger charge is 2.53. The minimum Gasteiger partial charge on any atom is -0.341 e. The first kappa shape index (κ1) is 24.4. The third kappa shape index (κ3) is 4.51. The Morgan fingerprint density at radius 3 is 2.54 bits per heavy atom. The Labute approximate surface area is 220 Å². The van der Waals surface area contributed by atoms with Crippen LogP contribution in [0.15, 0.2) is 24.5 Å². The Hall–Kier alpha value is -2.95. The van der Waals surface area contributed by atoms with Gasteiger partial charge in [-0.15, -0.1) is 11.3 Å². The smallest absolute Gasteiger partial charge is 0.255 e. The van der Waals surface area contributed by atoms with E-state index in [-0.39, 0.29) is 23.0 Å². The van der Waals surface area contributed by atoms with Gasteiger partial charge in [0.15, 0.2) is 5.82 Å². The predicted octanol–water partition coefficient (Wildman–Crippen LogP) is 4.05. The number of hydrogen-bond donors (Lipinski definition) is 1. The standard InChI is InChI=1S/C27H32FN7OS/c1-4-34-9-11-35(12-10-34)15-18-5-6-20(29-13-18)31-26-30-14-19(28)22(32-26)23-17(2)21-24(37-23)27(7-8-27)16-33(3)25(21)36/h5-6,13-14H,4,7-12,15-16H2,1-3H3,(H,29,30,31,32). The van der Waals surface area contributed by atoms with Crippen molar-refractivity contribution in [2.45, 2.75) is 38.6 Å². The maximum atomic E-state index is 15.0. The SMILES string of the molecule is CCN1CCN(Cc2ccc(Nc3ncc(F)c(-c4sc5c(c4C)C(=O)N(C)CC54CC4)n3)nc2)CC1. The molecule has 0 radical (unpaired) electrons. The molecule has 1 saturated carbocycles. The molecule has 0 unspecified atom stereocenters. The van der Waals surface area contributed by atoms with Crippen LogP contribution in [0.5, 0.6) is 0 Å². The quantitative estimate of drug-likeness (QED) is 0.525. The second-order valence-corrected chi connectivity index (χ2v) is 11.5. The van der Waals surface area contributed by atoms with E-state index in [4.69, 9.17) is 0 Å². The van der Waals surface area contributed by atoms with Crippen molar-refractivity contribution in [3.8, 4) is 10.6 Å². The molecule has 1 aliphatic carbocycles. The van der Waals surface area contributed by atoms with E-state index in [2.05, 4.69) is 43.1 Å². The van der Waals surface area contributed by atoms with Crippen molar-refractivity contribution in [1.29, 1.82) is 0 Å². The predicted molar refractivity (Wildman–Crippen MR) is 143 cm³/mol. The maximum absolute atomic E-state index is 15.0. The van der Waals surface area contributed by atoms with Crippen LogP contribution in [0.1, 0.15) is 46.1 Å². The Kier molecular flexibility index (Phi) is 6.21. The third-order valence-corrected chi connectivity index (χ3v) is 9.47. The Bertz CT molecular complexity index is 1330. The van der Waals surface area contributed by atoms with Crippen molar-refractivity contribution in [1.82, 2.24) is 29.7 Å². The molecule has 194 valence electrons. The molecule has 1 N–H and O–H groups in total. The number of thiophene rings is 1. The molecule has 3 aromatic heterocycles. The first-order valence-electron chi connectivity index (χ1n) is 13.0. The molecule has 0 aromatic carbocycles. The lowest BCUT2D eigenvalue weighted by Crippen LogP contribution is -2.45. The fraction of sp³-hybridized carbons (Fsp3) is 0.481. The molecular formula is C27H32FN7OS. The Balaban J connectivity index is 1.20. The molecule has 3 aliphatic rings. The molecule has 1 amide bonds. The second kappa shape index (κ2) is 9.41. The van der Waals surface area contributed by atoms with Gasteiger partial charge < -0.3 is 15.1 Å². The summed E-state index contributed by atoms with van der Waals surface area (Å²) in [6.45, 7) is 11.1. The minimum atomic E-state index is -0.496. The number of hydrogen-bond acceptors (Lipinski definition) is 8. The number of anilines is 2. The van der Waals surface area contributed by atoms with Crippen molar-refractivity contribution >= 4 is 29.0 Å². The average Bonchev–Trinajstić information content (AvgIpc) is 3.59. The molecule has 0 bridgehead atoms. The zero-order valence-corrected chi connectivity index (χ0v) is 22.4. The number of carbonyl (C=O) groups excluding carboxylic acids is 1. The minimum absolute atomic E-state index is 0.0110. The Morgan fingerprint density at radius 1 is 1.11 bits per heavy atom. The van der Waals surface area contributed by atoms with Gasteiger partial charge in [-0.25, -0.2) is 19.3 Å². The fourth-order valence-corrected chi connectivity index (χ4v) is 7.04. The van der Waals surface area contributed by atoms with E-state index in [1.165, 1.54) is 17.5 Å². The number of carbonyl (C=O) groups is 1. The first-order chi connectivity index (χ1) is 17.9. The highest BCUT2D eigenvalue weighted by Crippen LogP contribution is 2.57. The van der Waals surface area contributed by atoms with Gasteiger partial charge in [-0.1, -0.05) is 13.0 Å². The zero-order valence-electron chi connectivity index (χ0n) is 21.6. The van der Waals surface area contributed by atoms with Gasteiger partial charge in [-0.05, 0) is 43.5 Å². The highest BCUT2D eigenvalue weighted by atomic mass is 32.1. The molecule has 1 spiro atoms. The number of rotatable bonds is 6. The fourth-order valence-electron chi connectivity index (χ4n) is 5.51. The Morgan fingerprint density at radius 2 is 1.86 bits per heavy atom. The van der Waals surface area contributed by atoms with Crippen molar-refractivity contribution in [2.24, 2.45) is 0 Å². The van der Waals surface area contributed by atoms with E-state index in [1.54, 1.807) is 4.90 Å². The molecule has 2 fully saturated rings. The molecule has 6 rings (SSSR count). The second-order valence-electron chi connectivity index (χ2n) is 10.5. The van der Waals surface area contributed by atoms with Crippen LogP contribution in [0.25, 0.3) is 10.6 Å². The van der Waals surface area contributed by atoms with Crippen LogP contribution in [-0.4, -0.2) is 81.9 Å². The van der Waals surface area contributed by atoms with Crippen LogP contribution >= 0.6 is 11.3 Å². The molecule has 2 aliphatic heterocycles. The summed E-state index contributed by atoms with van der Waals surface area (Å²) in [5, 5.41) is 3.12. The molecular weight excluding hydrogens is 489 g/mol. The van der Waals surface area contributed by atoms with Gasteiger partial charge in [0, 0.05) is 62.8 Å². The van der Waals surface area contributed by atoms with E-state index < -0.39 is 5.82 Å². The number of nitrogens with one attached hydrogen (secondary N) is 1. The zero-order chi connectivity index (χ0) is 25.7. The molecule has 3 aromatic rings. The van der Waals surface area contributed by atoms with Crippen LogP contribution in [-0.2, 0) is 12.0 Å². The van der Waals surface area contributed by atoms with Crippen LogP contribution in [0.4, 0.5) is 16.2 Å². The average molecular weight is 522 g/mol. The normalized spacial score (nSPS) is 19.4. The number of amides is 1. The topological polar surface area (TPSA) is 77.5 Å². The summed E-state index contributed by atoms with van der Waals surface area (Å²) in [7, 11) is 1.85. The number of nitrogens with zero attached hydrogens (tertiary/aromatic N) is 6. The first-order valence-corrected chi connectivity index (χ1v) is 13.8. The van der Waals surface area contributed by atoms with Gasteiger partial charge in [0.1, 0.15) is 11.5 Å². The summed E-state index contributed by atoms with van der Waals surface area (Å²) < 4.78 is 15.0. The van der Waals surface area contributed by atoms with Gasteiger partial charge in [0.05, 0.1) is 16.6 Å². The lowest BCUT2D eigenvalue weighted by Gasteiger charge is -2.33. The van der Waals surface area contributed by atoms with Crippen molar-refractivity contribution < 1.29 is 9.18 Å². The van der Waals surface area contributed by atoms with Crippen molar-refractivity contribution in [3.63, 3.8) is 0 Å². The van der Waals surface area contributed by atoms with E-state index >= 15 is 0 Å². The summed E-state index contributed by atoms with van der Waals surface area (Å²) >= 11 is 1.51. The van der Waals surface area contributed by atoms with Gasteiger partial charge >= 0.3 is 0 Å². The van der Waals surface area contributed by atoms with Crippen molar-refractivity contribution in [3.05, 3.63) is 51.9 Å².